The van der Waals surface area contributed by atoms with Crippen LogP contribution in [0.15, 0.2) is 18.2 Å². The smallest absolute Gasteiger partial charge is 0.264 e. The number of benzene rings is 1. The number of halogens is 2. The zero-order valence-corrected chi connectivity index (χ0v) is 11.5. The van der Waals surface area contributed by atoms with Gasteiger partial charge in [-0.2, -0.15) is 5.10 Å². The second kappa shape index (κ2) is 5.23. The molecule has 0 saturated heterocycles. The lowest BCUT2D eigenvalue weighted by molar-refractivity contribution is 0.151. The summed E-state index contributed by atoms with van der Waals surface area (Å²) in [5.41, 5.74) is 6.28. The zero-order chi connectivity index (χ0) is 15.0. The Bertz CT molecular complexity index is 651. The van der Waals surface area contributed by atoms with E-state index in [1.54, 1.807) is 19.2 Å². The summed E-state index contributed by atoms with van der Waals surface area (Å²) in [7, 11) is 1.66. The van der Waals surface area contributed by atoms with Crippen LogP contribution in [0.5, 0.6) is 11.5 Å². The number of fused-ring (bicyclic) bond motifs is 1. The van der Waals surface area contributed by atoms with Crippen LogP contribution in [0.3, 0.4) is 0 Å². The Labute approximate surface area is 120 Å². The van der Waals surface area contributed by atoms with E-state index in [9.17, 15) is 8.78 Å². The van der Waals surface area contributed by atoms with Crippen molar-refractivity contribution in [2.24, 2.45) is 7.05 Å². The van der Waals surface area contributed by atoms with Gasteiger partial charge in [-0.05, 0) is 12.1 Å². The van der Waals surface area contributed by atoms with Crippen molar-refractivity contribution in [3.05, 3.63) is 23.8 Å². The van der Waals surface area contributed by atoms with Crippen LogP contribution in [0.2, 0.25) is 0 Å². The Kier molecular flexibility index (Phi) is 3.40. The number of rotatable bonds is 2. The Morgan fingerprint density at radius 2 is 1.86 bits per heavy atom. The van der Waals surface area contributed by atoms with Crippen LogP contribution < -0.4 is 15.2 Å². The van der Waals surface area contributed by atoms with Gasteiger partial charge in [0.1, 0.15) is 5.82 Å². The second-order valence-electron chi connectivity index (χ2n) is 4.82. The molecule has 0 fully saturated rings. The molecule has 1 aliphatic heterocycles. The van der Waals surface area contributed by atoms with Gasteiger partial charge in [0.05, 0.1) is 18.9 Å². The Morgan fingerprint density at radius 1 is 1.19 bits per heavy atom. The van der Waals surface area contributed by atoms with Gasteiger partial charge < -0.3 is 15.2 Å². The number of aryl methyl sites for hydroxylation is 1. The van der Waals surface area contributed by atoms with Gasteiger partial charge in [0.2, 0.25) is 0 Å². The third-order valence-corrected chi connectivity index (χ3v) is 3.35. The fourth-order valence-electron chi connectivity index (χ4n) is 2.24. The van der Waals surface area contributed by atoms with Crippen LogP contribution in [-0.4, -0.2) is 23.0 Å². The van der Waals surface area contributed by atoms with Crippen LogP contribution in [0.4, 0.5) is 14.6 Å². The van der Waals surface area contributed by atoms with Gasteiger partial charge in [-0.15, -0.1) is 0 Å². The molecule has 1 aromatic carbocycles. The topological polar surface area (TPSA) is 62.3 Å². The summed E-state index contributed by atoms with van der Waals surface area (Å²) in [6.45, 7) is 0.941. The van der Waals surface area contributed by atoms with E-state index in [1.165, 1.54) is 10.7 Å². The lowest BCUT2D eigenvalue weighted by atomic mass is 10.0. The highest BCUT2D eigenvalue weighted by molar-refractivity contribution is 5.70. The molecule has 2 aromatic rings. The standard InChI is InChI=1S/C14H15F2N3O2/c1-19-13(17)7-10(18-19)8-5-11-12(6-9(8)14(15)16)21-4-2-3-20-11/h5-7,14H,2-4,17H2,1H3. The number of nitrogen functional groups attached to an aromatic ring is 1. The van der Waals surface area contributed by atoms with E-state index in [4.69, 9.17) is 15.2 Å². The molecule has 0 bridgehead atoms. The Balaban J connectivity index is 2.15. The number of alkyl halides is 2. The van der Waals surface area contributed by atoms with E-state index in [1.807, 2.05) is 0 Å². The van der Waals surface area contributed by atoms with Crippen molar-refractivity contribution in [1.29, 1.82) is 0 Å². The quantitative estimate of drug-likeness (QED) is 0.925. The van der Waals surface area contributed by atoms with Crippen LogP contribution in [-0.2, 0) is 7.05 Å². The third kappa shape index (κ3) is 2.51. The molecule has 0 spiro atoms. The largest absolute Gasteiger partial charge is 0.490 e. The number of aromatic nitrogens is 2. The summed E-state index contributed by atoms with van der Waals surface area (Å²) < 4.78 is 39.1. The molecule has 0 unspecified atom stereocenters. The Morgan fingerprint density at radius 3 is 2.43 bits per heavy atom. The van der Waals surface area contributed by atoms with Crippen LogP contribution >= 0.6 is 0 Å². The molecule has 3 rings (SSSR count). The molecule has 0 amide bonds. The van der Waals surface area contributed by atoms with Crippen molar-refractivity contribution in [1.82, 2.24) is 9.78 Å². The third-order valence-electron chi connectivity index (χ3n) is 3.35. The van der Waals surface area contributed by atoms with E-state index in [0.29, 0.717) is 48.2 Å². The monoisotopic (exact) mass is 295 g/mol. The maximum Gasteiger partial charge on any atom is 0.264 e. The molecule has 1 aromatic heterocycles. The average molecular weight is 295 g/mol. The summed E-state index contributed by atoms with van der Waals surface area (Å²) in [6, 6.07) is 4.43. The maximum absolute atomic E-state index is 13.3. The van der Waals surface area contributed by atoms with Gasteiger partial charge in [-0.25, -0.2) is 8.78 Å². The number of ether oxygens (including phenoxy) is 2. The molecule has 21 heavy (non-hydrogen) atoms. The van der Waals surface area contributed by atoms with Gasteiger partial charge >= 0.3 is 0 Å². The SMILES string of the molecule is Cn1nc(-c2cc3c(cc2C(F)F)OCCCO3)cc1N. The van der Waals surface area contributed by atoms with Crippen molar-refractivity contribution in [2.75, 3.05) is 18.9 Å². The summed E-state index contributed by atoms with van der Waals surface area (Å²) in [4.78, 5) is 0. The van der Waals surface area contributed by atoms with E-state index in [-0.39, 0.29) is 5.56 Å². The first-order valence-electron chi connectivity index (χ1n) is 6.58. The first-order valence-corrected chi connectivity index (χ1v) is 6.58. The number of nitrogens with two attached hydrogens (primary N) is 1. The first kappa shape index (κ1) is 13.7. The minimum absolute atomic E-state index is 0.141. The minimum Gasteiger partial charge on any atom is -0.490 e. The summed E-state index contributed by atoms with van der Waals surface area (Å²) >= 11 is 0. The van der Waals surface area contributed by atoms with Crippen LogP contribution in [0, 0.1) is 0 Å². The number of nitrogens with zero attached hydrogens (tertiary/aromatic N) is 2. The van der Waals surface area contributed by atoms with Crippen molar-refractivity contribution in [3.8, 4) is 22.8 Å². The predicted octanol–water partition coefficient (Wildman–Crippen LogP) is 2.77. The van der Waals surface area contributed by atoms with E-state index in [2.05, 4.69) is 5.10 Å². The molecule has 2 N–H and O–H groups in total. The molecule has 0 radical (unpaired) electrons. The molecular formula is C14H15F2N3O2. The molecule has 2 heterocycles. The van der Waals surface area contributed by atoms with E-state index < -0.39 is 6.43 Å². The molecule has 1 aliphatic rings. The molecule has 7 heteroatoms. The van der Waals surface area contributed by atoms with Crippen molar-refractivity contribution >= 4 is 5.82 Å². The van der Waals surface area contributed by atoms with Gasteiger partial charge in [-0.3, -0.25) is 4.68 Å². The molecule has 5 nitrogen and oxygen atoms in total. The van der Waals surface area contributed by atoms with Crippen molar-refractivity contribution in [2.45, 2.75) is 12.8 Å². The highest BCUT2D eigenvalue weighted by atomic mass is 19.3. The molecule has 0 saturated carbocycles. The second-order valence-corrected chi connectivity index (χ2v) is 4.82. The van der Waals surface area contributed by atoms with Gasteiger partial charge in [0.25, 0.3) is 6.43 Å². The van der Waals surface area contributed by atoms with Gasteiger partial charge in [0, 0.05) is 30.7 Å². The normalized spacial score (nSPS) is 14.3. The number of hydrogen-bond donors (Lipinski definition) is 1. The molecule has 0 atom stereocenters. The first-order chi connectivity index (χ1) is 10.1. The molecule has 112 valence electrons. The lowest BCUT2D eigenvalue weighted by Crippen LogP contribution is -1.98. The highest BCUT2D eigenvalue weighted by Crippen LogP contribution is 2.40. The van der Waals surface area contributed by atoms with Gasteiger partial charge in [-0.1, -0.05) is 0 Å². The lowest BCUT2D eigenvalue weighted by Gasteiger charge is -2.13. The van der Waals surface area contributed by atoms with E-state index >= 15 is 0 Å². The average Bonchev–Trinajstić information content (AvgIpc) is 2.66. The summed E-state index contributed by atoms with van der Waals surface area (Å²) in [5, 5.41) is 4.16. The Hall–Kier alpha value is -2.31. The van der Waals surface area contributed by atoms with Crippen molar-refractivity contribution in [3.63, 3.8) is 0 Å². The maximum atomic E-state index is 13.3. The minimum atomic E-state index is -2.64. The molecular weight excluding hydrogens is 280 g/mol. The zero-order valence-electron chi connectivity index (χ0n) is 11.5. The number of hydrogen-bond acceptors (Lipinski definition) is 4. The van der Waals surface area contributed by atoms with Gasteiger partial charge in [0.15, 0.2) is 11.5 Å². The fraction of sp³-hybridized carbons (Fsp3) is 0.357. The fourth-order valence-corrected chi connectivity index (χ4v) is 2.24. The number of anilines is 1. The van der Waals surface area contributed by atoms with Crippen LogP contribution in [0.1, 0.15) is 18.4 Å². The summed E-state index contributed by atoms with van der Waals surface area (Å²) in [6.07, 6.45) is -1.93. The highest BCUT2D eigenvalue weighted by Gasteiger charge is 2.22. The summed E-state index contributed by atoms with van der Waals surface area (Å²) in [5.74, 6) is 1.20. The van der Waals surface area contributed by atoms with E-state index in [0.717, 1.165) is 0 Å². The van der Waals surface area contributed by atoms with Crippen LogP contribution in [0.25, 0.3) is 11.3 Å². The van der Waals surface area contributed by atoms with Crippen molar-refractivity contribution < 1.29 is 18.3 Å². The predicted molar refractivity (Wildman–Crippen MR) is 73.6 cm³/mol. The molecule has 0 aliphatic carbocycles.